The highest BCUT2D eigenvalue weighted by molar-refractivity contribution is 7.18. The molecule has 1 saturated heterocycles. The number of rotatable bonds is 4. The van der Waals surface area contributed by atoms with E-state index in [1.807, 2.05) is 7.05 Å². The van der Waals surface area contributed by atoms with E-state index in [1.54, 1.807) is 11.3 Å². The van der Waals surface area contributed by atoms with Gasteiger partial charge in [0.15, 0.2) is 0 Å². The van der Waals surface area contributed by atoms with Gasteiger partial charge in [0.05, 0.1) is 5.39 Å². The van der Waals surface area contributed by atoms with Crippen LogP contribution in [0.25, 0.3) is 10.2 Å². The molecule has 0 bridgehead atoms. The lowest BCUT2D eigenvalue weighted by molar-refractivity contribution is 0.238. The zero-order chi connectivity index (χ0) is 14.1. The number of fused-ring (bicyclic) bond motifs is 1. The maximum absolute atomic E-state index is 9.32. The third-order valence-electron chi connectivity index (χ3n) is 3.84. The van der Waals surface area contributed by atoms with Crippen LogP contribution in [-0.2, 0) is 6.42 Å². The predicted molar refractivity (Wildman–Crippen MR) is 83.7 cm³/mol. The molecule has 0 aliphatic carbocycles. The van der Waals surface area contributed by atoms with Gasteiger partial charge in [-0.1, -0.05) is 6.92 Å². The molecular formula is C14H20N4OS. The van der Waals surface area contributed by atoms with Gasteiger partial charge < -0.3 is 15.3 Å². The zero-order valence-corrected chi connectivity index (χ0v) is 12.7. The molecule has 108 valence electrons. The Morgan fingerprint density at radius 2 is 2.35 bits per heavy atom. The van der Waals surface area contributed by atoms with Gasteiger partial charge in [0.1, 0.15) is 10.6 Å². The molecule has 0 spiro atoms. The number of thiophene rings is 1. The Balaban J connectivity index is 2.05. The Morgan fingerprint density at radius 1 is 1.50 bits per heavy atom. The molecule has 5 nitrogen and oxygen atoms in total. The van der Waals surface area contributed by atoms with E-state index in [-0.39, 0.29) is 6.61 Å². The van der Waals surface area contributed by atoms with Crippen molar-refractivity contribution < 1.29 is 5.11 Å². The fourth-order valence-electron chi connectivity index (χ4n) is 2.66. The number of nitrogens with zero attached hydrogens (tertiary/aromatic N) is 3. The number of nitrogens with one attached hydrogen (secondary N) is 1. The molecule has 0 amide bonds. The van der Waals surface area contributed by atoms with Crippen LogP contribution in [0.5, 0.6) is 0 Å². The summed E-state index contributed by atoms with van der Waals surface area (Å²) in [6.07, 6.45) is 2.05. The molecule has 20 heavy (non-hydrogen) atoms. The van der Waals surface area contributed by atoms with E-state index in [9.17, 15) is 5.11 Å². The molecule has 2 aromatic rings. The van der Waals surface area contributed by atoms with E-state index in [1.165, 1.54) is 4.88 Å². The Labute approximate surface area is 122 Å². The summed E-state index contributed by atoms with van der Waals surface area (Å²) in [6.45, 7) is 4.25. The average Bonchev–Trinajstić information content (AvgIpc) is 3.11. The van der Waals surface area contributed by atoms with Gasteiger partial charge in [-0.25, -0.2) is 4.98 Å². The summed E-state index contributed by atoms with van der Waals surface area (Å²) in [5.74, 6) is 2.04. The SMILES string of the molecule is CCc1cc2c(N3CCC(CO)C3)nc(NC)nc2s1. The van der Waals surface area contributed by atoms with E-state index < -0.39 is 0 Å². The van der Waals surface area contributed by atoms with Gasteiger partial charge in [0, 0.05) is 37.5 Å². The van der Waals surface area contributed by atoms with Crippen LogP contribution < -0.4 is 10.2 Å². The van der Waals surface area contributed by atoms with E-state index in [0.29, 0.717) is 11.9 Å². The monoisotopic (exact) mass is 292 g/mol. The quantitative estimate of drug-likeness (QED) is 0.904. The number of hydrogen-bond acceptors (Lipinski definition) is 6. The maximum atomic E-state index is 9.32. The number of aliphatic hydroxyl groups is 1. The minimum atomic E-state index is 0.257. The zero-order valence-electron chi connectivity index (χ0n) is 11.9. The minimum Gasteiger partial charge on any atom is -0.396 e. The van der Waals surface area contributed by atoms with Crippen LogP contribution in [0.15, 0.2) is 6.07 Å². The second-order valence-corrected chi connectivity index (χ2v) is 6.30. The van der Waals surface area contributed by atoms with Crippen molar-refractivity contribution in [3.63, 3.8) is 0 Å². The van der Waals surface area contributed by atoms with Crippen LogP contribution >= 0.6 is 11.3 Å². The molecule has 2 N–H and O–H groups in total. The second kappa shape index (κ2) is 5.54. The van der Waals surface area contributed by atoms with E-state index in [2.05, 4.69) is 33.2 Å². The number of aryl methyl sites for hydroxylation is 1. The highest BCUT2D eigenvalue weighted by Crippen LogP contribution is 2.34. The molecule has 1 aliphatic heterocycles. The number of aliphatic hydroxyl groups excluding tert-OH is 1. The molecule has 6 heteroatoms. The first-order valence-electron chi connectivity index (χ1n) is 7.09. The van der Waals surface area contributed by atoms with Crippen molar-refractivity contribution >= 4 is 33.3 Å². The molecular weight excluding hydrogens is 272 g/mol. The Kier molecular flexibility index (Phi) is 3.76. The second-order valence-electron chi connectivity index (χ2n) is 5.19. The molecule has 0 saturated carbocycles. The van der Waals surface area contributed by atoms with E-state index in [0.717, 1.165) is 42.0 Å². The topological polar surface area (TPSA) is 61.3 Å². The van der Waals surface area contributed by atoms with E-state index >= 15 is 0 Å². The molecule has 0 radical (unpaired) electrons. The summed E-state index contributed by atoms with van der Waals surface area (Å²) in [4.78, 5) is 13.9. The highest BCUT2D eigenvalue weighted by atomic mass is 32.1. The third-order valence-corrected chi connectivity index (χ3v) is 5.01. The van der Waals surface area contributed by atoms with Crippen LogP contribution in [-0.4, -0.2) is 41.8 Å². The van der Waals surface area contributed by atoms with Crippen LogP contribution in [0.1, 0.15) is 18.2 Å². The number of hydrogen-bond donors (Lipinski definition) is 2. The van der Waals surface area contributed by atoms with Crippen molar-refractivity contribution in [2.45, 2.75) is 19.8 Å². The summed E-state index contributed by atoms with van der Waals surface area (Å²) in [5.41, 5.74) is 0. The van der Waals surface area contributed by atoms with Gasteiger partial charge in [0.25, 0.3) is 0 Å². The summed E-state index contributed by atoms with van der Waals surface area (Å²) < 4.78 is 0. The molecule has 2 aromatic heterocycles. The molecule has 1 aliphatic rings. The predicted octanol–water partition coefficient (Wildman–Crippen LogP) is 2.11. The van der Waals surface area contributed by atoms with Gasteiger partial charge >= 0.3 is 0 Å². The van der Waals surface area contributed by atoms with Crippen molar-refractivity contribution in [1.82, 2.24) is 9.97 Å². The summed E-state index contributed by atoms with van der Waals surface area (Å²) in [6, 6.07) is 2.21. The van der Waals surface area contributed by atoms with Crippen molar-refractivity contribution in [3.8, 4) is 0 Å². The third kappa shape index (κ3) is 2.33. The summed E-state index contributed by atoms with van der Waals surface area (Å²) in [7, 11) is 1.85. The minimum absolute atomic E-state index is 0.257. The van der Waals surface area contributed by atoms with Crippen LogP contribution in [0.2, 0.25) is 0 Å². The Bertz CT molecular complexity index is 612. The Hall–Kier alpha value is -1.40. The Morgan fingerprint density at radius 3 is 3.00 bits per heavy atom. The van der Waals surface area contributed by atoms with Crippen LogP contribution in [0, 0.1) is 5.92 Å². The molecule has 3 heterocycles. The van der Waals surface area contributed by atoms with E-state index in [4.69, 9.17) is 0 Å². The standard InChI is InChI=1S/C14H20N4OS/c1-3-10-6-11-12(18-5-4-9(7-18)8-19)16-14(15-2)17-13(11)20-10/h6,9,19H,3-5,7-8H2,1-2H3,(H,15,16,17). The first-order valence-corrected chi connectivity index (χ1v) is 7.90. The first kappa shape index (κ1) is 13.6. The first-order chi connectivity index (χ1) is 9.75. The number of anilines is 2. The van der Waals surface area contributed by atoms with Crippen molar-refractivity contribution in [1.29, 1.82) is 0 Å². The smallest absolute Gasteiger partial charge is 0.225 e. The fraction of sp³-hybridized carbons (Fsp3) is 0.571. The molecule has 3 rings (SSSR count). The lowest BCUT2D eigenvalue weighted by Gasteiger charge is -2.18. The van der Waals surface area contributed by atoms with Crippen molar-refractivity contribution in [2.75, 3.05) is 37.0 Å². The molecule has 1 unspecified atom stereocenters. The van der Waals surface area contributed by atoms with Gasteiger partial charge in [-0.2, -0.15) is 4.98 Å². The van der Waals surface area contributed by atoms with Crippen LogP contribution in [0.3, 0.4) is 0 Å². The van der Waals surface area contributed by atoms with Gasteiger partial charge in [-0.3, -0.25) is 0 Å². The van der Waals surface area contributed by atoms with Gasteiger partial charge in [-0.15, -0.1) is 11.3 Å². The lowest BCUT2D eigenvalue weighted by atomic mass is 10.1. The lowest BCUT2D eigenvalue weighted by Crippen LogP contribution is -2.22. The van der Waals surface area contributed by atoms with Crippen LogP contribution in [0.4, 0.5) is 11.8 Å². The average molecular weight is 292 g/mol. The molecule has 0 aromatic carbocycles. The van der Waals surface area contributed by atoms with Crippen molar-refractivity contribution in [3.05, 3.63) is 10.9 Å². The van der Waals surface area contributed by atoms with Crippen molar-refractivity contribution in [2.24, 2.45) is 5.92 Å². The van der Waals surface area contributed by atoms with Gasteiger partial charge in [-0.05, 0) is 18.9 Å². The highest BCUT2D eigenvalue weighted by Gasteiger charge is 2.25. The van der Waals surface area contributed by atoms with Gasteiger partial charge in [0.2, 0.25) is 5.95 Å². The normalized spacial score (nSPS) is 18.9. The molecule has 1 fully saturated rings. The maximum Gasteiger partial charge on any atom is 0.225 e. The summed E-state index contributed by atoms with van der Waals surface area (Å²) in [5, 5.41) is 13.5. The molecule has 1 atom stereocenters. The largest absolute Gasteiger partial charge is 0.396 e. The summed E-state index contributed by atoms with van der Waals surface area (Å²) >= 11 is 1.74. The fourth-order valence-corrected chi connectivity index (χ4v) is 3.62. The number of aromatic nitrogens is 2.